The van der Waals surface area contributed by atoms with E-state index >= 15 is 0 Å². The first kappa shape index (κ1) is 23.6. The van der Waals surface area contributed by atoms with Crippen LogP contribution in [0.3, 0.4) is 0 Å². The number of rotatable bonds is 5. The molecule has 0 spiro atoms. The number of aromatic nitrogens is 3. The van der Waals surface area contributed by atoms with Crippen molar-refractivity contribution in [2.75, 3.05) is 5.32 Å². The molecule has 34 heavy (non-hydrogen) atoms. The zero-order chi connectivity index (χ0) is 24.6. The van der Waals surface area contributed by atoms with Gasteiger partial charge in [-0.2, -0.15) is 22.8 Å². The lowest BCUT2D eigenvalue weighted by atomic mass is 10.1. The van der Waals surface area contributed by atoms with Crippen LogP contribution in [-0.2, 0) is 11.0 Å². The van der Waals surface area contributed by atoms with Crippen LogP contribution in [0, 0.1) is 5.92 Å². The smallest absolute Gasteiger partial charge is 0.339 e. The molecule has 0 saturated carbocycles. The van der Waals surface area contributed by atoms with E-state index in [9.17, 15) is 22.8 Å². The van der Waals surface area contributed by atoms with Crippen molar-refractivity contribution < 1.29 is 18.0 Å². The SMILES string of the molecule is CC(C)CC(=O)Nc1cccc(-c2cc(=O)n3nc(C(F)(F)F)c(-c4ccc(Cl)cc4)c3[nH]2)c1. The number of alkyl halides is 3. The van der Waals surface area contributed by atoms with Gasteiger partial charge in [0.2, 0.25) is 5.91 Å². The summed E-state index contributed by atoms with van der Waals surface area (Å²) in [4.78, 5) is 27.8. The quantitative estimate of drug-likeness (QED) is 0.361. The van der Waals surface area contributed by atoms with Gasteiger partial charge < -0.3 is 10.3 Å². The van der Waals surface area contributed by atoms with Crippen LogP contribution >= 0.6 is 11.6 Å². The number of carbonyl (C=O) groups excluding carboxylic acids is 1. The fourth-order valence-corrected chi connectivity index (χ4v) is 3.76. The van der Waals surface area contributed by atoms with Gasteiger partial charge in [0.15, 0.2) is 5.69 Å². The van der Waals surface area contributed by atoms with Crippen LogP contribution in [0.5, 0.6) is 0 Å². The molecule has 0 saturated heterocycles. The van der Waals surface area contributed by atoms with E-state index in [2.05, 4.69) is 15.4 Å². The molecule has 1 amide bonds. The van der Waals surface area contributed by atoms with Gasteiger partial charge in [-0.05, 0) is 35.7 Å². The summed E-state index contributed by atoms with van der Waals surface area (Å²) in [5, 5.41) is 6.71. The van der Waals surface area contributed by atoms with Crippen molar-refractivity contribution in [2.24, 2.45) is 5.92 Å². The zero-order valence-corrected chi connectivity index (χ0v) is 19.0. The largest absolute Gasteiger partial charge is 0.435 e. The Bertz CT molecular complexity index is 1420. The Morgan fingerprint density at radius 2 is 1.82 bits per heavy atom. The van der Waals surface area contributed by atoms with Gasteiger partial charge in [-0.1, -0.05) is 49.7 Å². The second kappa shape index (κ2) is 8.98. The molecule has 0 unspecified atom stereocenters. The van der Waals surface area contributed by atoms with E-state index < -0.39 is 17.4 Å². The van der Waals surface area contributed by atoms with Crippen molar-refractivity contribution in [1.82, 2.24) is 14.6 Å². The summed E-state index contributed by atoms with van der Waals surface area (Å²) in [6, 6.07) is 13.7. The molecule has 0 aliphatic rings. The lowest BCUT2D eigenvalue weighted by Gasteiger charge is -2.10. The molecule has 0 aliphatic carbocycles. The highest BCUT2D eigenvalue weighted by Crippen LogP contribution is 2.38. The average molecular weight is 489 g/mol. The fraction of sp³-hybridized carbons (Fsp3) is 0.208. The fourth-order valence-electron chi connectivity index (χ4n) is 3.63. The Hall–Kier alpha value is -3.59. The van der Waals surface area contributed by atoms with Gasteiger partial charge in [0.05, 0.1) is 11.3 Å². The minimum Gasteiger partial charge on any atom is -0.339 e. The van der Waals surface area contributed by atoms with Crippen molar-refractivity contribution in [2.45, 2.75) is 26.4 Å². The normalized spacial score (nSPS) is 11.9. The number of nitrogens with zero attached hydrogens (tertiary/aromatic N) is 2. The van der Waals surface area contributed by atoms with Gasteiger partial charge in [-0.15, -0.1) is 0 Å². The van der Waals surface area contributed by atoms with Crippen LogP contribution < -0.4 is 10.9 Å². The third-order valence-corrected chi connectivity index (χ3v) is 5.32. The van der Waals surface area contributed by atoms with Crippen LogP contribution in [0.1, 0.15) is 26.0 Å². The first-order chi connectivity index (χ1) is 16.0. The third-order valence-electron chi connectivity index (χ3n) is 5.07. The van der Waals surface area contributed by atoms with Crippen LogP contribution in [-0.4, -0.2) is 20.5 Å². The Labute approximate surface area is 197 Å². The van der Waals surface area contributed by atoms with E-state index in [4.69, 9.17) is 11.6 Å². The monoisotopic (exact) mass is 488 g/mol. The van der Waals surface area contributed by atoms with Crippen molar-refractivity contribution in [3.05, 3.63) is 75.7 Å². The Morgan fingerprint density at radius 1 is 1.12 bits per heavy atom. The number of nitrogens with one attached hydrogen (secondary N) is 2. The first-order valence-electron chi connectivity index (χ1n) is 10.4. The number of fused-ring (bicyclic) bond motifs is 1. The summed E-state index contributed by atoms with van der Waals surface area (Å²) in [7, 11) is 0. The lowest BCUT2D eigenvalue weighted by molar-refractivity contribution is -0.140. The molecule has 0 fully saturated rings. The van der Waals surface area contributed by atoms with E-state index in [-0.39, 0.29) is 34.3 Å². The van der Waals surface area contributed by atoms with Gasteiger partial charge in [0.1, 0.15) is 5.65 Å². The molecule has 2 aromatic heterocycles. The van der Waals surface area contributed by atoms with Crippen molar-refractivity contribution >= 4 is 28.8 Å². The summed E-state index contributed by atoms with van der Waals surface area (Å²) >= 11 is 5.90. The summed E-state index contributed by atoms with van der Waals surface area (Å²) in [6.45, 7) is 3.85. The van der Waals surface area contributed by atoms with Crippen LogP contribution in [0.25, 0.3) is 28.0 Å². The van der Waals surface area contributed by atoms with E-state index in [1.165, 1.54) is 30.3 Å². The van der Waals surface area contributed by atoms with Gasteiger partial charge in [0, 0.05) is 28.8 Å². The number of hydrogen-bond acceptors (Lipinski definition) is 3. The number of benzene rings is 2. The topological polar surface area (TPSA) is 79.3 Å². The number of amides is 1. The molecule has 176 valence electrons. The van der Waals surface area contributed by atoms with Crippen LogP contribution in [0.4, 0.5) is 18.9 Å². The van der Waals surface area contributed by atoms with Gasteiger partial charge in [-0.3, -0.25) is 9.59 Å². The minimum absolute atomic E-state index is 0.105. The Balaban J connectivity index is 1.86. The summed E-state index contributed by atoms with van der Waals surface area (Å²) in [6.07, 6.45) is -4.45. The highest BCUT2D eigenvalue weighted by molar-refractivity contribution is 6.30. The molecule has 4 aromatic rings. The third kappa shape index (κ3) is 4.84. The molecule has 2 aromatic carbocycles. The van der Waals surface area contributed by atoms with E-state index in [1.54, 1.807) is 24.3 Å². The Morgan fingerprint density at radius 3 is 2.47 bits per heavy atom. The number of H-pyrrole nitrogens is 1. The molecular weight excluding hydrogens is 469 g/mol. The predicted molar refractivity (Wildman–Crippen MR) is 125 cm³/mol. The maximum Gasteiger partial charge on any atom is 0.435 e. The molecule has 4 rings (SSSR count). The van der Waals surface area contributed by atoms with Crippen molar-refractivity contribution in [1.29, 1.82) is 0 Å². The van der Waals surface area contributed by atoms with Crippen LogP contribution in [0.15, 0.2) is 59.4 Å². The highest BCUT2D eigenvalue weighted by Gasteiger charge is 2.39. The number of anilines is 1. The molecule has 2 heterocycles. The molecule has 10 heteroatoms. The van der Waals surface area contributed by atoms with E-state index in [0.29, 0.717) is 27.2 Å². The molecule has 0 aliphatic heterocycles. The maximum atomic E-state index is 13.8. The molecule has 0 radical (unpaired) electrons. The molecule has 6 nitrogen and oxygen atoms in total. The number of halogens is 4. The van der Waals surface area contributed by atoms with Crippen molar-refractivity contribution in [3.8, 4) is 22.4 Å². The number of hydrogen-bond donors (Lipinski definition) is 2. The minimum atomic E-state index is -4.79. The second-order valence-electron chi connectivity index (χ2n) is 8.24. The van der Waals surface area contributed by atoms with Crippen LogP contribution in [0.2, 0.25) is 5.02 Å². The van der Waals surface area contributed by atoms with E-state index in [1.807, 2.05) is 13.8 Å². The van der Waals surface area contributed by atoms with Gasteiger partial charge in [0.25, 0.3) is 5.56 Å². The highest BCUT2D eigenvalue weighted by atomic mass is 35.5. The number of carbonyl (C=O) groups is 1. The summed E-state index contributed by atoms with van der Waals surface area (Å²) in [5.41, 5.74) is -0.782. The summed E-state index contributed by atoms with van der Waals surface area (Å²) < 4.78 is 42.1. The molecule has 2 N–H and O–H groups in total. The maximum absolute atomic E-state index is 13.8. The standard InChI is InChI=1S/C24H20ClF3N4O2/c1-13(2)10-19(33)29-17-5-3-4-15(11-17)18-12-20(34)32-23(30-18)21(22(31-32)24(26,27)28)14-6-8-16(25)9-7-14/h3-9,11-13,30H,10H2,1-2H3,(H,29,33). The summed E-state index contributed by atoms with van der Waals surface area (Å²) in [5.74, 6) is 0.0182. The molecule has 0 bridgehead atoms. The average Bonchev–Trinajstić information content (AvgIpc) is 3.14. The Kier molecular flexibility index (Phi) is 6.22. The molecule has 0 atom stereocenters. The first-order valence-corrected chi connectivity index (χ1v) is 10.8. The number of aromatic amines is 1. The molecular formula is C24H20ClF3N4O2. The lowest BCUT2D eigenvalue weighted by Crippen LogP contribution is -2.16. The van der Waals surface area contributed by atoms with Gasteiger partial charge in [-0.25, -0.2) is 0 Å². The van der Waals surface area contributed by atoms with Gasteiger partial charge >= 0.3 is 6.18 Å². The predicted octanol–water partition coefficient (Wildman–Crippen LogP) is 6.01. The van der Waals surface area contributed by atoms with E-state index in [0.717, 1.165) is 0 Å². The second-order valence-corrected chi connectivity index (χ2v) is 8.67. The zero-order valence-electron chi connectivity index (χ0n) is 18.2. The van der Waals surface area contributed by atoms with Crippen molar-refractivity contribution in [3.63, 3.8) is 0 Å².